The average molecular weight is 490 g/mol. The van der Waals surface area contributed by atoms with E-state index in [-0.39, 0.29) is 11.7 Å². The van der Waals surface area contributed by atoms with Gasteiger partial charge in [0.15, 0.2) is 5.78 Å². The molecule has 0 aliphatic rings. The number of hydrogen-bond donors (Lipinski definition) is 1. The number of anilines is 1. The molecule has 0 radical (unpaired) electrons. The number of carbonyl (C=O) groups is 2. The van der Waals surface area contributed by atoms with Crippen molar-refractivity contribution >= 4 is 44.7 Å². The fourth-order valence-corrected chi connectivity index (χ4v) is 4.55. The molecule has 0 fully saturated rings. The van der Waals surface area contributed by atoms with Crippen LogP contribution < -0.4 is 10.1 Å². The number of hydrogen-bond acceptors (Lipinski definition) is 4. The van der Waals surface area contributed by atoms with Crippen molar-refractivity contribution in [2.24, 2.45) is 0 Å². The molecule has 4 aromatic carbocycles. The van der Waals surface area contributed by atoms with E-state index >= 15 is 0 Å². The van der Waals surface area contributed by atoms with Gasteiger partial charge in [-0.3, -0.25) is 9.59 Å². The average Bonchev–Trinajstić information content (AvgIpc) is 3.31. The van der Waals surface area contributed by atoms with Gasteiger partial charge in [0, 0.05) is 39.9 Å². The van der Waals surface area contributed by atoms with Crippen LogP contribution in [-0.4, -0.2) is 18.3 Å². The Labute approximate surface area is 215 Å². The molecule has 1 N–H and O–H groups in total. The van der Waals surface area contributed by atoms with E-state index in [1.807, 2.05) is 44.2 Å². The SMILES string of the molecule is CCOc1cc2occ(-c3cccc4ccccc34)c2cc1/C(C)=C/C(=O)Nc1ccc(C(C)=O)cc1. The Morgan fingerprint density at radius 1 is 0.892 bits per heavy atom. The Morgan fingerprint density at radius 3 is 2.41 bits per heavy atom. The molecule has 184 valence electrons. The Bertz CT molecular complexity index is 1650. The van der Waals surface area contributed by atoms with Crippen molar-refractivity contribution in [2.75, 3.05) is 11.9 Å². The van der Waals surface area contributed by atoms with Crippen LogP contribution in [-0.2, 0) is 4.79 Å². The molecule has 0 unspecified atom stereocenters. The van der Waals surface area contributed by atoms with Crippen LogP contribution in [0.2, 0.25) is 0 Å². The second-order valence-corrected chi connectivity index (χ2v) is 8.90. The molecule has 37 heavy (non-hydrogen) atoms. The predicted molar refractivity (Wildman–Crippen MR) is 149 cm³/mol. The number of ketones is 1. The van der Waals surface area contributed by atoms with Gasteiger partial charge < -0.3 is 14.5 Å². The zero-order valence-corrected chi connectivity index (χ0v) is 21.0. The van der Waals surface area contributed by atoms with Gasteiger partial charge in [0.05, 0.1) is 12.9 Å². The lowest BCUT2D eigenvalue weighted by Gasteiger charge is -2.12. The maximum Gasteiger partial charge on any atom is 0.248 e. The minimum absolute atomic E-state index is 0.0189. The largest absolute Gasteiger partial charge is 0.493 e. The molecular formula is C32H27NO4. The summed E-state index contributed by atoms with van der Waals surface area (Å²) < 4.78 is 11.9. The summed E-state index contributed by atoms with van der Waals surface area (Å²) >= 11 is 0. The van der Waals surface area contributed by atoms with E-state index in [1.54, 1.807) is 36.6 Å². The van der Waals surface area contributed by atoms with E-state index in [0.29, 0.717) is 23.6 Å². The van der Waals surface area contributed by atoms with E-state index in [2.05, 4.69) is 29.6 Å². The number of fused-ring (bicyclic) bond motifs is 2. The summed E-state index contributed by atoms with van der Waals surface area (Å²) in [6.45, 7) is 5.81. The Kier molecular flexibility index (Phi) is 6.60. The Balaban J connectivity index is 1.53. The van der Waals surface area contributed by atoms with Crippen LogP contribution in [0.15, 0.2) is 95.6 Å². The van der Waals surface area contributed by atoms with Gasteiger partial charge in [-0.25, -0.2) is 0 Å². The summed E-state index contributed by atoms with van der Waals surface area (Å²) in [6.07, 6.45) is 3.34. The summed E-state index contributed by atoms with van der Waals surface area (Å²) in [4.78, 5) is 24.3. The number of benzene rings is 4. The number of rotatable bonds is 7. The van der Waals surface area contributed by atoms with Crippen LogP contribution >= 0.6 is 0 Å². The number of nitrogens with one attached hydrogen (secondary N) is 1. The predicted octanol–water partition coefficient (Wildman–Crippen LogP) is 7.90. The van der Waals surface area contributed by atoms with Crippen molar-refractivity contribution in [1.29, 1.82) is 0 Å². The molecule has 5 nitrogen and oxygen atoms in total. The van der Waals surface area contributed by atoms with E-state index in [9.17, 15) is 9.59 Å². The third kappa shape index (κ3) is 4.89. The lowest BCUT2D eigenvalue weighted by molar-refractivity contribution is -0.111. The second-order valence-electron chi connectivity index (χ2n) is 8.90. The zero-order valence-electron chi connectivity index (χ0n) is 21.0. The van der Waals surface area contributed by atoms with Gasteiger partial charge >= 0.3 is 0 Å². The molecule has 0 aliphatic carbocycles. The van der Waals surface area contributed by atoms with Crippen LogP contribution in [0.1, 0.15) is 36.7 Å². The van der Waals surface area contributed by atoms with E-state index < -0.39 is 0 Å². The number of amides is 1. The van der Waals surface area contributed by atoms with Gasteiger partial charge in [-0.05, 0) is 73.0 Å². The number of Topliss-reactive ketones (excluding diaryl/α,β-unsaturated/α-hetero) is 1. The first kappa shape index (κ1) is 24.1. The molecule has 0 saturated carbocycles. The lowest BCUT2D eigenvalue weighted by atomic mass is 9.96. The minimum Gasteiger partial charge on any atom is -0.493 e. The van der Waals surface area contributed by atoms with Gasteiger partial charge in [-0.2, -0.15) is 0 Å². The second kappa shape index (κ2) is 10.2. The van der Waals surface area contributed by atoms with Crippen molar-refractivity contribution in [3.8, 4) is 16.9 Å². The third-order valence-electron chi connectivity index (χ3n) is 6.39. The van der Waals surface area contributed by atoms with Crippen LogP contribution in [0.25, 0.3) is 38.4 Å². The first-order valence-corrected chi connectivity index (χ1v) is 12.2. The van der Waals surface area contributed by atoms with Crippen molar-refractivity contribution in [3.05, 3.63) is 102 Å². The zero-order chi connectivity index (χ0) is 25.9. The fourth-order valence-electron chi connectivity index (χ4n) is 4.55. The Hall–Kier alpha value is -4.64. The molecule has 0 aliphatic heterocycles. The lowest BCUT2D eigenvalue weighted by Crippen LogP contribution is -2.09. The van der Waals surface area contributed by atoms with Crippen LogP contribution in [0.4, 0.5) is 5.69 Å². The van der Waals surface area contributed by atoms with E-state index in [4.69, 9.17) is 9.15 Å². The van der Waals surface area contributed by atoms with E-state index in [0.717, 1.165) is 44.0 Å². The monoisotopic (exact) mass is 489 g/mol. The molecule has 0 bridgehead atoms. The van der Waals surface area contributed by atoms with Crippen LogP contribution in [0.5, 0.6) is 5.75 Å². The van der Waals surface area contributed by atoms with Crippen molar-refractivity contribution in [3.63, 3.8) is 0 Å². The van der Waals surface area contributed by atoms with Gasteiger partial charge in [-0.15, -0.1) is 0 Å². The summed E-state index contributed by atoms with van der Waals surface area (Å²) in [6, 6.07) is 25.3. The quantitative estimate of drug-likeness (QED) is 0.186. The van der Waals surface area contributed by atoms with Gasteiger partial charge in [0.25, 0.3) is 0 Å². The fraction of sp³-hybridized carbons (Fsp3) is 0.125. The minimum atomic E-state index is -0.267. The smallest absolute Gasteiger partial charge is 0.248 e. The molecular weight excluding hydrogens is 462 g/mol. The van der Waals surface area contributed by atoms with Crippen molar-refractivity contribution in [2.45, 2.75) is 20.8 Å². The Morgan fingerprint density at radius 2 is 1.65 bits per heavy atom. The number of ether oxygens (including phenoxy) is 1. The van der Waals surface area contributed by atoms with Crippen LogP contribution in [0, 0.1) is 0 Å². The van der Waals surface area contributed by atoms with Gasteiger partial charge in [0.1, 0.15) is 11.3 Å². The maximum absolute atomic E-state index is 12.8. The molecule has 0 spiro atoms. The molecule has 0 saturated heterocycles. The number of allylic oxidation sites excluding steroid dienone is 1. The number of furan rings is 1. The van der Waals surface area contributed by atoms with Crippen LogP contribution in [0.3, 0.4) is 0 Å². The first-order chi connectivity index (χ1) is 17.9. The topological polar surface area (TPSA) is 68.5 Å². The number of carbonyl (C=O) groups excluding carboxylic acids is 2. The summed E-state index contributed by atoms with van der Waals surface area (Å²) in [7, 11) is 0. The molecule has 5 rings (SSSR count). The summed E-state index contributed by atoms with van der Waals surface area (Å²) in [5, 5.41) is 6.11. The van der Waals surface area contributed by atoms with Crippen molar-refractivity contribution < 1.29 is 18.7 Å². The molecule has 1 amide bonds. The van der Waals surface area contributed by atoms with E-state index in [1.165, 1.54) is 6.92 Å². The first-order valence-electron chi connectivity index (χ1n) is 12.2. The van der Waals surface area contributed by atoms with Crippen molar-refractivity contribution in [1.82, 2.24) is 0 Å². The highest BCUT2D eigenvalue weighted by atomic mass is 16.5. The normalized spacial score (nSPS) is 11.6. The highest BCUT2D eigenvalue weighted by molar-refractivity contribution is 6.07. The standard InChI is InChI=1S/C32H27NO4/c1-4-36-30-18-31-28(29(19-37-31)26-11-7-9-23-8-5-6-10-25(23)26)17-27(30)20(2)16-32(35)33-24-14-12-22(13-15-24)21(3)34/h5-19H,4H2,1-3H3,(H,33,35)/b20-16+. The van der Waals surface area contributed by atoms with Gasteiger partial charge in [-0.1, -0.05) is 42.5 Å². The summed E-state index contributed by atoms with van der Waals surface area (Å²) in [5.41, 5.74) is 5.58. The summed E-state index contributed by atoms with van der Waals surface area (Å²) in [5.74, 6) is 0.368. The highest BCUT2D eigenvalue weighted by Crippen LogP contribution is 2.39. The molecule has 1 aromatic heterocycles. The molecule has 5 aromatic rings. The molecule has 5 heteroatoms. The molecule has 0 atom stereocenters. The van der Waals surface area contributed by atoms with Gasteiger partial charge in [0.2, 0.25) is 5.91 Å². The molecule has 1 heterocycles. The highest BCUT2D eigenvalue weighted by Gasteiger charge is 2.16. The third-order valence-corrected chi connectivity index (χ3v) is 6.39. The maximum atomic E-state index is 12.8.